The van der Waals surface area contributed by atoms with Gasteiger partial charge in [-0.25, -0.2) is 4.79 Å². The SMILES string of the molecule is CC[C@@H](C)[C@@H](NC(=O)C(C)(C)C)C(=O)OC. The number of hydrogen-bond acceptors (Lipinski definition) is 3. The lowest BCUT2D eigenvalue weighted by Gasteiger charge is -2.26. The van der Waals surface area contributed by atoms with Crippen LogP contribution in [0.25, 0.3) is 0 Å². The van der Waals surface area contributed by atoms with E-state index in [1.54, 1.807) is 0 Å². The summed E-state index contributed by atoms with van der Waals surface area (Å²) in [6.45, 7) is 9.34. The monoisotopic (exact) mass is 229 g/mol. The van der Waals surface area contributed by atoms with Crippen molar-refractivity contribution in [2.75, 3.05) is 7.11 Å². The van der Waals surface area contributed by atoms with E-state index in [0.29, 0.717) is 0 Å². The summed E-state index contributed by atoms with van der Waals surface area (Å²) < 4.78 is 4.70. The average Bonchev–Trinajstić information content (AvgIpc) is 2.21. The Kier molecular flexibility index (Phi) is 5.48. The number of esters is 1. The third-order valence-corrected chi connectivity index (χ3v) is 2.64. The minimum atomic E-state index is -0.554. The van der Waals surface area contributed by atoms with Crippen LogP contribution in [0.1, 0.15) is 41.0 Å². The van der Waals surface area contributed by atoms with E-state index in [9.17, 15) is 9.59 Å². The maximum atomic E-state index is 11.8. The number of nitrogens with one attached hydrogen (secondary N) is 1. The number of hydrogen-bond donors (Lipinski definition) is 1. The molecule has 94 valence electrons. The van der Waals surface area contributed by atoms with Gasteiger partial charge in [0.2, 0.25) is 5.91 Å². The van der Waals surface area contributed by atoms with Crippen LogP contribution in [-0.4, -0.2) is 25.0 Å². The number of amides is 1. The molecule has 0 heterocycles. The molecule has 0 aromatic rings. The van der Waals surface area contributed by atoms with E-state index in [-0.39, 0.29) is 17.8 Å². The zero-order valence-corrected chi connectivity index (χ0v) is 11.1. The first-order valence-corrected chi connectivity index (χ1v) is 5.62. The fourth-order valence-electron chi connectivity index (χ4n) is 1.15. The van der Waals surface area contributed by atoms with Crippen molar-refractivity contribution in [3.63, 3.8) is 0 Å². The summed E-state index contributed by atoms with van der Waals surface area (Å²) in [5, 5.41) is 2.74. The highest BCUT2D eigenvalue weighted by Crippen LogP contribution is 2.16. The molecule has 0 aliphatic heterocycles. The Morgan fingerprint density at radius 2 is 1.81 bits per heavy atom. The van der Waals surface area contributed by atoms with Gasteiger partial charge in [0, 0.05) is 5.41 Å². The largest absolute Gasteiger partial charge is 0.467 e. The fraction of sp³-hybridized carbons (Fsp3) is 0.833. The van der Waals surface area contributed by atoms with E-state index in [0.717, 1.165) is 6.42 Å². The van der Waals surface area contributed by atoms with E-state index in [1.807, 2.05) is 34.6 Å². The lowest BCUT2D eigenvalue weighted by Crippen LogP contribution is -2.49. The zero-order valence-electron chi connectivity index (χ0n) is 11.1. The zero-order chi connectivity index (χ0) is 12.9. The summed E-state index contributed by atoms with van der Waals surface area (Å²) in [5.41, 5.74) is -0.500. The number of ether oxygens (including phenoxy) is 1. The first-order valence-electron chi connectivity index (χ1n) is 5.62. The first-order chi connectivity index (χ1) is 7.23. The van der Waals surface area contributed by atoms with Gasteiger partial charge in [0.1, 0.15) is 6.04 Å². The molecule has 0 spiro atoms. The van der Waals surface area contributed by atoms with Crippen molar-refractivity contribution in [2.45, 2.75) is 47.1 Å². The quantitative estimate of drug-likeness (QED) is 0.747. The summed E-state index contributed by atoms with van der Waals surface area (Å²) in [5.74, 6) is -0.450. The maximum absolute atomic E-state index is 11.8. The topological polar surface area (TPSA) is 55.4 Å². The maximum Gasteiger partial charge on any atom is 0.328 e. The predicted octanol–water partition coefficient (Wildman–Crippen LogP) is 1.74. The Morgan fingerprint density at radius 3 is 2.12 bits per heavy atom. The number of carbonyl (C=O) groups excluding carboxylic acids is 2. The van der Waals surface area contributed by atoms with Gasteiger partial charge in [-0.3, -0.25) is 4.79 Å². The van der Waals surface area contributed by atoms with Gasteiger partial charge in [-0.05, 0) is 5.92 Å². The molecule has 0 fully saturated rings. The van der Waals surface area contributed by atoms with Crippen LogP contribution < -0.4 is 5.32 Å². The Labute approximate surface area is 97.7 Å². The lowest BCUT2D eigenvalue weighted by atomic mass is 9.93. The van der Waals surface area contributed by atoms with Crippen molar-refractivity contribution in [1.29, 1.82) is 0 Å². The number of methoxy groups -OCH3 is 1. The molecule has 0 unspecified atom stereocenters. The van der Waals surface area contributed by atoms with Crippen LogP contribution in [0.2, 0.25) is 0 Å². The summed E-state index contributed by atoms with van der Waals surface area (Å²) in [6, 6.07) is -0.554. The molecule has 4 nitrogen and oxygen atoms in total. The molecule has 0 aliphatic carbocycles. The summed E-state index contributed by atoms with van der Waals surface area (Å²) in [7, 11) is 1.33. The van der Waals surface area contributed by atoms with Gasteiger partial charge < -0.3 is 10.1 Å². The van der Waals surface area contributed by atoms with Crippen molar-refractivity contribution in [3.8, 4) is 0 Å². The van der Waals surface area contributed by atoms with Gasteiger partial charge in [0.25, 0.3) is 0 Å². The summed E-state index contributed by atoms with van der Waals surface area (Å²) >= 11 is 0. The van der Waals surface area contributed by atoms with Gasteiger partial charge >= 0.3 is 5.97 Å². The van der Waals surface area contributed by atoms with E-state index >= 15 is 0 Å². The molecule has 2 atom stereocenters. The standard InChI is InChI=1S/C12H23NO3/c1-7-8(2)9(10(14)16-6)13-11(15)12(3,4)5/h8-9H,7H2,1-6H3,(H,13,15)/t8-,9-/m1/s1. The molecule has 0 aliphatic rings. The highest BCUT2D eigenvalue weighted by atomic mass is 16.5. The van der Waals surface area contributed by atoms with Gasteiger partial charge in [-0.2, -0.15) is 0 Å². The predicted molar refractivity (Wildman–Crippen MR) is 62.9 cm³/mol. The van der Waals surface area contributed by atoms with Crippen molar-refractivity contribution in [2.24, 2.45) is 11.3 Å². The minimum Gasteiger partial charge on any atom is -0.467 e. The van der Waals surface area contributed by atoms with E-state index in [1.165, 1.54) is 7.11 Å². The van der Waals surface area contributed by atoms with Crippen LogP contribution in [0.15, 0.2) is 0 Å². The van der Waals surface area contributed by atoms with Gasteiger partial charge in [-0.1, -0.05) is 41.0 Å². The van der Waals surface area contributed by atoms with Crippen LogP contribution in [0.5, 0.6) is 0 Å². The molecular weight excluding hydrogens is 206 g/mol. The third kappa shape index (κ3) is 4.21. The first kappa shape index (κ1) is 14.9. The average molecular weight is 229 g/mol. The molecule has 0 aromatic carbocycles. The Bertz CT molecular complexity index is 255. The molecule has 0 saturated carbocycles. The van der Waals surface area contributed by atoms with Gasteiger partial charge in [0.15, 0.2) is 0 Å². The molecule has 0 saturated heterocycles. The molecule has 1 amide bonds. The van der Waals surface area contributed by atoms with Crippen molar-refractivity contribution in [3.05, 3.63) is 0 Å². The Hall–Kier alpha value is -1.06. The van der Waals surface area contributed by atoms with Crippen molar-refractivity contribution in [1.82, 2.24) is 5.32 Å². The summed E-state index contributed by atoms with van der Waals surface area (Å²) in [6.07, 6.45) is 0.810. The van der Waals surface area contributed by atoms with E-state index < -0.39 is 11.5 Å². The van der Waals surface area contributed by atoms with Crippen LogP contribution in [-0.2, 0) is 14.3 Å². The van der Waals surface area contributed by atoms with Crippen LogP contribution in [0, 0.1) is 11.3 Å². The van der Waals surface area contributed by atoms with Crippen LogP contribution in [0.3, 0.4) is 0 Å². The lowest BCUT2D eigenvalue weighted by molar-refractivity contribution is -0.147. The molecule has 1 N–H and O–H groups in total. The second-order valence-corrected chi connectivity index (χ2v) is 5.11. The van der Waals surface area contributed by atoms with Crippen LogP contribution in [0.4, 0.5) is 0 Å². The molecular formula is C12H23NO3. The van der Waals surface area contributed by atoms with Crippen molar-refractivity contribution < 1.29 is 14.3 Å². The Morgan fingerprint density at radius 1 is 1.31 bits per heavy atom. The minimum absolute atomic E-state index is 0.0683. The third-order valence-electron chi connectivity index (χ3n) is 2.64. The smallest absolute Gasteiger partial charge is 0.328 e. The highest BCUT2D eigenvalue weighted by Gasteiger charge is 2.30. The van der Waals surface area contributed by atoms with Crippen LogP contribution >= 0.6 is 0 Å². The Balaban J connectivity index is 4.69. The fourth-order valence-corrected chi connectivity index (χ4v) is 1.15. The molecule has 0 rings (SSSR count). The van der Waals surface area contributed by atoms with Gasteiger partial charge in [-0.15, -0.1) is 0 Å². The van der Waals surface area contributed by atoms with E-state index in [4.69, 9.17) is 4.74 Å². The molecule has 16 heavy (non-hydrogen) atoms. The second-order valence-electron chi connectivity index (χ2n) is 5.11. The number of rotatable bonds is 4. The molecule has 0 radical (unpaired) electrons. The second kappa shape index (κ2) is 5.87. The van der Waals surface area contributed by atoms with Gasteiger partial charge in [0.05, 0.1) is 7.11 Å². The number of carbonyl (C=O) groups is 2. The molecule has 0 aromatic heterocycles. The van der Waals surface area contributed by atoms with Crippen molar-refractivity contribution >= 4 is 11.9 Å². The normalized spacial score (nSPS) is 15.1. The highest BCUT2D eigenvalue weighted by molar-refractivity contribution is 5.87. The molecule has 4 heteroatoms. The molecule has 0 bridgehead atoms. The summed E-state index contributed by atoms with van der Waals surface area (Å²) in [4.78, 5) is 23.3. The van der Waals surface area contributed by atoms with E-state index in [2.05, 4.69) is 5.32 Å².